The molecule has 0 amide bonds. The smallest absolute Gasteiger partial charge is 0.271 e. The number of nitrogens with one attached hydrogen (secondary N) is 2. The van der Waals surface area contributed by atoms with E-state index in [2.05, 4.69) is 15.2 Å². The van der Waals surface area contributed by atoms with Crippen molar-refractivity contribution >= 4 is 23.6 Å². The molecule has 23 heavy (non-hydrogen) atoms. The second-order valence-corrected chi connectivity index (χ2v) is 5.76. The number of aromatic nitrogens is 3. The summed E-state index contributed by atoms with van der Waals surface area (Å²) in [7, 11) is 1.95. The Morgan fingerprint density at radius 2 is 2.09 bits per heavy atom. The topological polar surface area (TPSA) is 65.9 Å². The number of aromatic amines is 2. The van der Waals surface area contributed by atoms with Gasteiger partial charge in [0.2, 0.25) is 0 Å². The first-order chi connectivity index (χ1) is 11.1. The van der Waals surface area contributed by atoms with E-state index >= 15 is 0 Å². The molecular weight excluding hydrogens is 288 g/mol. The molecule has 3 aromatic rings. The van der Waals surface area contributed by atoms with Crippen LogP contribution in [0.2, 0.25) is 0 Å². The van der Waals surface area contributed by atoms with Gasteiger partial charge in [0.25, 0.3) is 5.56 Å². The maximum atomic E-state index is 12.2. The SMILES string of the molecule is Cc1cccc2c1N=C/C2=C\c1c(-c2ccn(C)c2)[nH][nH]c1=O. The van der Waals surface area contributed by atoms with Crippen LogP contribution in [0.3, 0.4) is 0 Å². The van der Waals surface area contributed by atoms with Gasteiger partial charge in [0.1, 0.15) is 0 Å². The largest absolute Gasteiger partial charge is 0.357 e. The van der Waals surface area contributed by atoms with Crippen molar-refractivity contribution in [3.8, 4) is 11.3 Å². The zero-order valence-electron chi connectivity index (χ0n) is 12.9. The summed E-state index contributed by atoms with van der Waals surface area (Å²) in [6.45, 7) is 2.04. The van der Waals surface area contributed by atoms with Gasteiger partial charge in [-0.1, -0.05) is 18.2 Å². The number of hydrogen-bond donors (Lipinski definition) is 2. The summed E-state index contributed by atoms with van der Waals surface area (Å²) in [5.41, 5.74) is 6.36. The number of fused-ring (bicyclic) bond motifs is 1. The third-order valence-electron chi connectivity index (χ3n) is 4.12. The van der Waals surface area contributed by atoms with Gasteiger partial charge in [0.15, 0.2) is 0 Å². The van der Waals surface area contributed by atoms with Gasteiger partial charge in [-0.3, -0.25) is 20.0 Å². The number of aliphatic imine (C=N–C) groups is 1. The molecule has 4 rings (SSSR count). The average Bonchev–Trinajstić information content (AvgIpc) is 3.22. The predicted molar refractivity (Wildman–Crippen MR) is 93.0 cm³/mol. The zero-order chi connectivity index (χ0) is 16.0. The van der Waals surface area contributed by atoms with Crippen LogP contribution in [0.15, 0.2) is 46.4 Å². The van der Waals surface area contributed by atoms with Crippen molar-refractivity contribution in [2.75, 3.05) is 0 Å². The molecule has 1 aromatic carbocycles. The molecule has 5 heteroatoms. The third kappa shape index (κ3) is 2.17. The predicted octanol–water partition coefficient (Wildman–Crippen LogP) is 3.27. The van der Waals surface area contributed by atoms with Crippen LogP contribution >= 0.6 is 0 Å². The summed E-state index contributed by atoms with van der Waals surface area (Å²) in [6.07, 6.45) is 7.64. The Labute approximate surface area is 133 Å². The van der Waals surface area contributed by atoms with E-state index in [-0.39, 0.29) is 5.56 Å². The first-order valence-electron chi connectivity index (χ1n) is 7.42. The number of H-pyrrole nitrogens is 2. The zero-order valence-corrected chi connectivity index (χ0v) is 12.9. The highest BCUT2D eigenvalue weighted by molar-refractivity contribution is 6.22. The lowest BCUT2D eigenvalue weighted by atomic mass is 10.0. The molecule has 0 unspecified atom stereocenters. The summed E-state index contributed by atoms with van der Waals surface area (Å²) in [5.74, 6) is 0. The van der Waals surface area contributed by atoms with Crippen LogP contribution in [-0.4, -0.2) is 21.0 Å². The lowest BCUT2D eigenvalue weighted by Gasteiger charge is -2.02. The first kappa shape index (κ1) is 13.6. The Morgan fingerprint density at radius 3 is 2.87 bits per heavy atom. The number of nitrogens with zero attached hydrogens (tertiary/aromatic N) is 2. The maximum Gasteiger partial charge on any atom is 0.271 e. The van der Waals surface area contributed by atoms with Gasteiger partial charge in [0, 0.05) is 42.4 Å². The Morgan fingerprint density at radius 1 is 1.22 bits per heavy atom. The number of aryl methyl sites for hydroxylation is 2. The molecule has 0 radical (unpaired) electrons. The van der Waals surface area contributed by atoms with Gasteiger partial charge in [-0.15, -0.1) is 0 Å². The molecule has 0 atom stereocenters. The molecule has 5 nitrogen and oxygen atoms in total. The fourth-order valence-electron chi connectivity index (χ4n) is 2.92. The van der Waals surface area contributed by atoms with Gasteiger partial charge in [-0.25, -0.2) is 0 Å². The Balaban J connectivity index is 1.86. The third-order valence-corrected chi connectivity index (χ3v) is 4.12. The molecule has 0 spiro atoms. The van der Waals surface area contributed by atoms with Crippen molar-refractivity contribution in [3.05, 3.63) is 63.7 Å². The van der Waals surface area contributed by atoms with Crippen LogP contribution in [0.5, 0.6) is 0 Å². The first-order valence-corrected chi connectivity index (χ1v) is 7.42. The van der Waals surface area contributed by atoms with E-state index in [0.717, 1.165) is 33.6 Å². The van der Waals surface area contributed by atoms with E-state index in [4.69, 9.17) is 0 Å². The summed E-state index contributed by atoms with van der Waals surface area (Å²) in [4.78, 5) is 16.7. The van der Waals surface area contributed by atoms with Gasteiger partial charge in [-0.05, 0) is 24.6 Å². The molecule has 0 bridgehead atoms. The summed E-state index contributed by atoms with van der Waals surface area (Å²) >= 11 is 0. The summed E-state index contributed by atoms with van der Waals surface area (Å²) in [5, 5.41) is 5.65. The molecule has 114 valence electrons. The van der Waals surface area contributed by atoms with E-state index in [0.29, 0.717) is 5.56 Å². The fraction of sp³-hybridized carbons (Fsp3) is 0.111. The highest BCUT2D eigenvalue weighted by atomic mass is 16.1. The lowest BCUT2D eigenvalue weighted by molar-refractivity contribution is 0.928. The van der Waals surface area contributed by atoms with Crippen molar-refractivity contribution in [2.45, 2.75) is 6.92 Å². The van der Waals surface area contributed by atoms with Crippen LogP contribution in [-0.2, 0) is 7.05 Å². The normalized spacial score (nSPS) is 14.6. The van der Waals surface area contributed by atoms with Crippen LogP contribution < -0.4 is 5.56 Å². The Kier molecular flexibility index (Phi) is 2.94. The van der Waals surface area contributed by atoms with E-state index in [1.807, 2.05) is 67.5 Å². The van der Waals surface area contributed by atoms with Gasteiger partial charge >= 0.3 is 0 Å². The lowest BCUT2D eigenvalue weighted by Crippen LogP contribution is -2.02. The maximum absolute atomic E-state index is 12.2. The average molecular weight is 304 g/mol. The molecular formula is C18H16N4O. The molecule has 2 N–H and O–H groups in total. The molecule has 0 aliphatic carbocycles. The Hall–Kier alpha value is -3.08. The van der Waals surface area contributed by atoms with Gasteiger partial charge in [0.05, 0.1) is 16.9 Å². The van der Waals surface area contributed by atoms with Gasteiger partial charge in [-0.2, -0.15) is 0 Å². The number of hydrogen-bond acceptors (Lipinski definition) is 2. The van der Waals surface area contributed by atoms with E-state index in [1.165, 1.54) is 0 Å². The van der Waals surface area contributed by atoms with Crippen molar-refractivity contribution < 1.29 is 0 Å². The van der Waals surface area contributed by atoms with Crippen molar-refractivity contribution in [2.24, 2.45) is 12.0 Å². The van der Waals surface area contributed by atoms with Crippen molar-refractivity contribution in [3.63, 3.8) is 0 Å². The number of allylic oxidation sites excluding steroid dienone is 1. The fourth-order valence-corrected chi connectivity index (χ4v) is 2.92. The number of benzene rings is 1. The molecule has 0 fully saturated rings. The van der Waals surface area contributed by atoms with E-state index < -0.39 is 0 Å². The molecule has 3 heterocycles. The quantitative estimate of drug-likeness (QED) is 0.749. The van der Waals surface area contributed by atoms with E-state index in [9.17, 15) is 4.79 Å². The Bertz CT molecular complexity index is 1010. The van der Waals surface area contributed by atoms with Crippen molar-refractivity contribution in [1.29, 1.82) is 0 Å². The molecule has 1 aliphatic rings. The monoisotopic (exact) mass is 304 g/mol. The van der Waals surface area contributed by atoms with Gasteiger partial charge < -0.3 is 4.57 Å². The van der Waals surface area contributed by atoms with E-state index in [1.54, 1.807) is 0 Å². The minimum Gasteiger partial charge on any atom is -0.357 e. The molecule has 1 aliphatic heterocycles. The minimum atomic E-state index is -0.133. The minimum absolute atomic E-state index is 0.133. The highest BCUT2D eigenvalue weighted by Crippen LogP contribution is 2.35. The molecule has 2 aromatic heterocycles. The van der Waals surface area contributed by atoms with Crippen LogP contribution in [0, 0.1) is 6.92 Å². The van der Waals surface area contributed by atoms with Crippen LogP contribution in [0.25, 0.3) is 22.9 Å². The second-order valence-electron chi connectivity index (χ2n) is 5.76. The standard InChI is InChI=1S/C18H16N4O/c1-11-4-3-5-14-13(9-19-16(11)14)8-15-17(20-21-18(15)23)12-6-7-22(2)10-12/h3-10H,1-2H3,(H2,20,21,23)/b13-8+. The summed E-state index contributed by atoms with van der Waals surface area (Å²) in [6, 6.07) is 8.06. The second kappa shape index (κ2) is 4.98. The van der Waals surface area contributed by atoms with Crippen LogP contribution in [0.4, 0.5) is 5.69 Å². The molecule has 0 saturated heterocycles. The number of para-hydroxylation sites is 1. The van der Waals surface area contributed by atoms with Crippen molar-refractivity contribution in [1.82, 2.24) is 14.8 Å². The highest BCUT2D eigenvalue weighted by Gasteiger charge is 2.17. The summed E-state index contributed by atoms with van der Waals surface area (Å²) < 4.78 is 1.95. The number of rotatable bonds is 2. The van der Waals surface area contributed by atoms with Crippen LogP contribution in [0.1, 0.15) is 16.7 Å². The molecule has 0 saturated carbocycles.